The molecule has 0 aliphatic carbocycles. The summed E-state index contributed by atoms with van der Waals surface area (Å²) in [5.74, 6) is 1.70. The van der Waals surface area contributed by atoms with Crippen molar-refractivity contribution in [2.75, 3.05) is 17.8 Å². The second-order valence-electron chi connectivity index (χ2n) is 5.61. The molecule has 1 aromatic heterocycles. The zero-order valence-corrected chi connectivity index (χ0v) is 17.3. The number of nitrogen functional groups attached to an aromatic ring is 1. The maximum Gasteiger partial charge on any atom is 0.205 e. The summed E-state index contributed by atoms with van der Waals surface area (Å²) in [5, 5.41) is 7.67. The number of nitrogens with zero attached hydrogens (tertiary/aromatic N) is 2. The molecule has 28 heavy (non-hydrogen) atoms. The smallest absolute Gasteiger partial charge is 0.205 e. The minimum Gasteiger partial charge on any atom is -0.490 e. The Morgan fingerprint density at radius 1 is 1.18 bits per heavy atom. The first-order chi connectivity index (χ1) is 13.5. The van der Waals surface area contributed by atoms with E-state index >= 15 is 0 Å². The first kappa shape index (κ1) is 20.3. The lowest BCUT2D eigenvalue weighted by Crippen LogP contribution is -2.01. The van der Waals surface area contributed by atoms with Gasteiger partial charge in [-0.3, -0.25) is 5.43 Å². The summed E-state index contributed by atoms with van der Waals surface area (Å²) in [5.41, 5.74) is 10.1. The molecule has 0 saturated carbocycles. The van der Waals surface area contributed by atoms with E-state index in [0.717, 1.165) is 11.1 Å². The third-order valence-corrected chi connectivity index (χ3v) is 4.91. The van der Waals surface area contributed by atoms with Crippen LogP contribution in [0.5, 0.6) is 11.5 Å². The van der Waals surface area contributed by atoms with Crippen LogP contribution in [0.25, 0.3) is 0 Å². The van der Waals surface area contributed by atoms with Gasteiger partial charge in [-0.1, -0.05) is 29.3 Å². The van der Waals surface area contributed by atoms with Gasteiger partial charge in [0.15, 0.2) is 11.5 Å². The number of hydrazone groups is 1. The van der Waals surface area contributed by atoms with Gasteiger partial charge in [-0.05, 0) is 42.8 Å². The van der Waals surface area contributed by atoms with Crippen LogP contribution in [0.4, 0.5) is 10.9 Å². The Balaban J connectivity index is 1.69. The van der Waals surface area contributed by atoms with E-state index in [1.165, 1.54) is 11.3 Å². The van der Waals surface area contributed by atoms with Crippen molar-refractivity contribution in [2.24, 2.45) is 5.10 Å². The third-order valence-electron chi connectivity index (χ3n) is 3.56. The maximum absolute atomic E-state index is 6.20. The van der Waals surface area contributed by atoms with Crippen molar-refractivity contribution < 1.29 is 9.47 Å². The highest BCUT2D eigenvalue weighted by Crippen LogP contribution is 2.30. The summed E-state index contributed by atoms with van der Waals surface area (Å²) in [6, 6.07) is 10.9. The van der Waals surface area contributed by atoms with Crippen LogP contribution in [0, 0.1) is 0 Å². The Bertz CT molecular complexity index is 978. The molecule has 3 rings (SSSR count). The summed E-state index contributed by atoms with van der Waals surface area (Å²) in [6.07, 6.45) is 1.67. The van der Waals surface area contributed by atoms with Crippen molar-refractivity contribution in [2.45, 2.75) is 13.5 Å². The van der Waals surface area contributed by atoms with Crippen molar-refractivity contribution in [3.63, 3.8) is 0 Å². The number of thiazole rings is 1. The Hall–Kier alpha value is -2.48. The summed E-state index contributed by atoms with van der Waals surface area (Å²) in [6.45, 7) is 2.72. The Kier molecular flexibility index (Phi) is 6.97. The van der Waals surface area contributed by atoms with E-state index in [4.69, 9.17) is 38.4 Å². The highest BCUT2D eigenvalue weighted by Gasteiger charge is 2.08. The van der Waals surface area contributed by atoms with Crippen LogP contribution in [0.3, 0.4) is 0 Å². The lowest BCUT2D eigenvalue weighted by atomic mass is 10.2. The zero-order chi connectivity index (χ0) is 19.9. The quantitative estimate of drug-likeness (QED) is 0.362. The number of ether oxygens (including phenoxy) is 2. The molecule has 3 N–H and O–H groups in total. The van der Waals surface area contributed by atoms with E-state index in [2.05, 4.69) is 15.5 Å². The van der Waals surface area contributed by atoms with Gasteiger partial charge >= 0.3 is 0 Å². The average molecular weight is 437 g/mol. The van der Waals surface area contributed by atoms with Gasteiger partial charge in [0.05, 0.1) is 12.8 Å². The predicted octanol–water partition coefficient (Wildman–Crippen LogP) is 5.46. The molecule has 0 aliphatic heterocycles. The molecule has 0 saturated heterocycles. The summed E-state index contributed by atoms with van der Waals surface area (Å²) >= 11 is 13.5. The Morgan fingerprint density at radius 2 is 2.04 bits per heavy atom. The topological polar surface area (TPSA) is 81.8 Å². The Morgan fingerprint density at radius 3 is 2.75 bits per heavy atom. The molecule has 0 atom stereocenters. The van der Waals surface area contributed by atoms with Crippen molar-refractivity contribution in [1.29, 1.82) is 0 Å². The number of nitrogens with one attached hydrogen (secondary N) is 1. The summed E-state index contributed by atoms with van der Waals surface area (Å²) in [4.78, 5) is 4.08. The summed E-state index contributed by atoms with van der Waals surface area (Å²) < 4.78 is 11.6. The van der Waals surface area contributed by atoms with Crippen LogP contribution in [-0.2, 0) is 6.61 Å². The van der Waals surface area contributed by atoms with Crippen molar-refractivity contribution in [1.82, 2.24) is 4.98 Å². The first-order valence-corrected chi connectivity index (χ1v) is 10.0. The number of hydrogen-bond acceptors (Lipinski definition) is 7. The standard InChI is InChI=1S/C19H18Cl2N4O2S/c1-2-26-17-7-12(9-23-25-19-24-18(22)11-28-19)3-6-16(17)27-10-13-4-5-14(20)8-15(13)21/h3-9,11H,2,10,22H2,1H3,(H,24,25). The van der Waals surface area contributed by atoms with E-state index in [1.54, 1.807) is 23.7 Å². The molecule has 0 amide bonds. The van der Waals surface area contributed by atoms with E-state index < -0.39 is 0 Å². The van der Waals surface area contributed by atoms with Crippen LogP contribution in [0.1, 0.15) is 18.1 Å². The van der Waals surface area contributed by atoms with Gasteiger partial charge in [0.25, 0.3) is 0 Å². The van der Waals surface area contributed by atoms with Crippen molar-refractivity contribution in [3.05, 3.63) is 63.0 Å². The van der Waals surface area contributed by atoms with E-state index in [-0.39, 0.29) is 0 Å². The summed E-state index contributed by atoms with van der Waals surface area (Å²) in [7, 11) is 0. The SMILES string of the molecule is CCOc1cc(C=NNc2nc(N)cs2)ccc1OCc1ccc(Cl)cc1Cl. The minimum absolute atomic E-state index is 0.302. The number of aromatic nitrogens is 1. The average Bonchev–Trinajstić information content (AvgIpc) is 3.08. The molecule has 0 spiro atoms. The second-order valence-corrected chi connectivity index (χ2v) is 7.31. The van der Waals surface area contributed by atoms with Gasteiger partial charge in [-0.25, -0.2) is 4.98 Å². The van der Waals surface area contributed by atoms with Gasteiger partial charge in [-0.15, -0.1) is 11.3 Å². The molecule has 146 valence electrons. The lowest BCUT2D eigenvalue weighted by Gasteiger charge is -2.13. The van der Waals surface area contributed by atoms with Crippen LogP contribution >= 0.6 is 34.5 Å². The fourth-order valence-electron chi connectivity index (χ4n) is 2.29. The maximum atomic E-state index is 6.20. The molecule has 0 fully saturated rings. The lowest BCUT2D eigenvalue weighted by molar-refractivity contribution is 0.269. The van der Waals surface area contributed by atoms with Gasteiger partial charge in [-0.2, -0.15) is 5.10 Å². The van der Waals surface area contributed by atoms with Crippen molar-refractivity contribution in [3.8, 4) is 11.5 Å². The van der Waals surface area contributed by atoms with Gasteiger partial charge in [0.2, 0.25) is 5.13 Å². The number of rotatable bonds is 8. The molecule has 0 unspecified atom stereocenters. The van der Waals surface area contributed by atoms with E-state index in [1.807, 2.05) is 31.2 Å². The number of benzene rings is 2. The van der Waals surface area contributed by atoms with Gasteiger partial charge < -0.3 is 15.2 Å². The molecule has 0 radical (unpaired) electrons. The van der Waals surface area contributed by atoms with Gasteiger partial charge in [0, 0.05) is 21.0 Å². The number of nitrogens with two attached hydrogens (primary N) is 1. The highest BCUT2D eigenvalue weighted by atomic mass is 35.5. The van der Waals surface area contributed by atoms with E-state index in [0.29, 0.717) is 45.7 Å². The minimum atomic E-state index is 0.302. The molecular weight excluding hydrogens is 419 g/mol. The molecule has 6 nitrogen and oxygen atoms in total. The molecule has 9 heteroatoms. The van der Waals surface area contributed by atoms with Crippen LogP contribution in [0.15, 0.2) is 46.9 Å². The molecule has 0 aliphatic rings. The molecule has 0 bridgehead atoms. The van der Waals surface area contributed by atoms with E-state index in [9.17, 15) is 0 Å². The normalized spacial score (nSPS) is 11.0. The third kappa shape index (κ3) is 5.51. The zero-order valence-electron chi connectivity index (χ0n) is 15.0. The van der Waals surface area contributed by atoms with Crippen LogP contribution in [0.2, 0.25) is 10.0 Å². The number of anilines is 2. The molecule has 3 aromatic rings. The number of hydrogen-bond donors (Lipinski definition) is 2. The second kappa shape index (κ2) is 9.64. The van der Waals surface area contributed by atoms with Crippen LogP contribution in [-0.4, -0.2) is 17.8 Å². The van der Waals surface area contributed by atoms with Gasteiger partial charge in [0.1, 0.15) is 12.4 Å². The predicted molar refractivity (Wildman–Crippen MR) is 116 cm³/mol. The van der Waals surface area contributed by atoms with Crippen molar-refractivity contribution >= 4 is 51.7 Å². The number of halogens is 2. The molecular formula is C19H18Cl2N4O2S. The first-order valence-electron chi connectivity index (χ1n) is 8.39. The molecule has 2 aromatic carbocycles. The van der Waals surface area contributed by atoms with Crippen LogP contribution < -0.4 is 20.6 Å². The largest absolute Gasteiger partial charge is 0.490 e. The highest BCUT2D eigenvalue weighted by molar-refractivity contribution is 7.14. The Labute approximate surface area is 176 Å². The molecule has 1 heterocycles. The fourth-order valence-corrected chi connectivity index (χ4v) is 3.30. The fraction of sp³-hybridized carbons (Fsp3) is 0.158. The monoisotopic (exact) mass is 436 g/mol.